The molecule has 0 aliphatic rings. The third kappa shape index (κ3) is 2.36. The van der Waals surface area contributed by atoms with Crippen LogP contribution >= 0.6 is 11.6 Å². The zero-order chi connectivity index (χ0) is 12.6. The van der Waals surface area contributed by atoms with Crippen LogP contribution in [0.5, 0.6) is 0 Å². The summed E-state index contributed by atoms with van der Waals surface area (Å²) in [5.74, 6) is 0.359. The number of hydrogen-bond donors (Lipinski definition) is 1. The van der Waals surface area contributed by atoms with Gasteiger partial charge in [-0.1, -0.05) is 16.8 Å². The van der Waals surface area contributed by atoms with E-state index in [4.69, 9.17) is 21.9 Å². The summed E-state index contributed by atoms with van der Waals surface area (Å²) in [6.07, 6.45) is -4.43. The first-order chi connectivity index (χ1) is 7.88. The van der Waals surface area contributed by atoms with E-state index in [2.05, 4.69) is 5.16 Å². The summed E-state index contributed by atoms with van der Waals surface area (Å²) in [5.41, 5.74) is 4.83. The van der Waals surface area contributed by atoms with Crippen molar-refractivity contribution in [2.75, 3.05) is 5.73 Å². The molecular formula is C10H6ClF3N2O. The zero-order valence-corrected chi connectivity index (χ0v) is 9.01. The Morgan fingerprint density at radius 1 is 1.24 bits per heavy atom. The number of hydrogen-bond acceptors (Lipinski definition) is 3. The molecule has 1 aromatic carbocycles. The van der Waals surface area contributed by atoms with Gasteiger partial charge in [-0.05, 0) is 18.2 Å². The normalized spacial score (nSPS) is 11.8. The van der Waals surface area contributed by atoms with E-state index >= 15 is 0 Å². The highest BCUT2D eigenvalue weighted by atomic mass is 35.5. The molecule has 0 aliphatic heterocycles. The van der Waals surface area contributed by atoms with Crippen LogP contribution in [-0.2, 0) is 6.18 Å². The Hall–Kier alpha value is -1.69. The monoisotopic (exact) mass is 262 g/mol. The molecular weight excluding hydrogens is 257 g/mol. The number of halogens is 4. The number of benzene rings is 1. The molecule has 0 amide bonds. The van der Waals surface area contributed by atoms with Gasteiger partial charge in [0.2, 0.25) is 0 Å². The van der Waals surface area contributed by atoms with Gasteiger partial charge in [0, 0.05) is 11.6 Å². The van der Waals surface area contributed by atoms with Gasteiger partial charge >= 0.3 is 6.18 Å². The van der Waals surface area contributed by atoms with Crippen molar-refractivity contribution in [2.24, 2.45) is 0 Å². The standard InChI is InChI=1S/C10H6ClF3N2O/c11-7-3-5(10(12,13)14)1-2-6(7)8-4-9(15)16-17-8/h1-4H,(H2,15,16). The van der Waals surface area contributed by atoms with Crippen molar-refractivity contribution in [2.45, 2.75) is 6.18 Å². The van der Waals surface area contributed by atoms with E-state index in [0.717, 1.165) is 12.1 Å². The molecule has 2 rings (SSSR count). The van der Waals surface area contributed by atoms with Gasteiger partial charge in [-0.2, -0.15) is 13.2 Å². The predicted octanol–water partition coefficient (Wildman–Crippen LogP) is 3.60. The van der Waals surface area contributed by atoms with Crippen molar-refractivity contribution in [1.29, 1.82) is 0 Å². The second-order valence-corrected chi connectivity index (χ2v) is 3.72. The van der Waals surface area contributed by atoms with Gasteiger partial charge in [0.1, 0.15) is 0 Å². The minimum absolute atomic E-state index is 0.0732. The topological polar surface area (TPSA) is 52.0 Å². The fraction of sp³-hybridized carbons (Fsp3) is 0.100. The fourth-order valence-corrected chi connectivity index (χ4v) is 1.58. The largest absolute Gasteiger partial charge is 0.416 e. The van der Waals surface area contributed by atoms with Crippen molar-refractivity contribution < 1.29 is 17.7 Å². The first-order valence-corrected chi connectivity index (χ1v) is 4.85. The molecule has 0 saturated carbocycles. The Labute approximate surface area is 99.0 Å². The maximum Gasteiger partial charge on any atom is 0.416 e. The van der Waals surface area contributed by atoms with Crippen LogP contribution in [0.1, 0.15) is 5.56 Å². The Morgan fingerprint density at radius 2 is 1.94 bits per heavy atom. The Kier molecular flexibility index (Phi) is 2.74. The number of alkyl halides is 3. The van der Waals surface area contributed by atoms with Crippen molar-refractivity contribution in [1.82, 2.24) is 5.16 Å². The lowest BCUT2D eigenvalue weighted by atomic mass is 10.1. The summed E-state index contributed by atoms with van der Waals surface area (Å²) < 4.78 is 42.0. The van der Waals surface area contributed by atoms with Crippen molar-refractivity contribution in [3.05, 3.63) is 34.9 Å². The number of nitrogen functional groups attached to an aromatic ring is 1. The van der Waals surface area contributed by atoms with Crippen LogP contribution < -0.4 is 5.73 Å². The number of rotatable bonds is 1. The minimum Gasteiger partial charge on any atom is -0.381 e. The molecule has 2 N–H and O–H groups in total. The fourth-order valence-electron chi connectivity index (χ4n) is 1.31. The van der Waals surface area contributed by atoms with Crippen LogP contribution in [0.3, 0.4) is 0 Å². The van der Waals surface area contributed by atoms with Gasteiger partial charge in [-0.15, -0.1) is 0 Å². The average molecular weight is 263 g/mol. The molecule has 1 heterocycles. The van der Waals surface area contributed by atoms with Gasteiger partial charge < -0.3 is 10.3 Å². The molecule has 1 aromatic heterocycles. The van der Waals surface area contributed by atoms with Gasteiger partial charge in [0.25, 0.3) is 0 Å². The van der Waals surface area contributed by atoms with E-state index in [1.807, 2.05) is 0 Å². The summed E-state index contributed by atoms with van der Waals surface area (Å²) in [4.78, 5) is 0. The Bertz CT molecular complexity index is 551. The van der Waals surface area contributed by atoms with E-state index in [1.54, 1.807) is 0 Å². The van der Waals surface area contributed by atoms with Crippen LogP contribution in [0.15, 0.2) is 28.8 Å². The summed E-state index contributed by atoms with van der Waals surface area (Å²) in [7, 11) is 0. The van der Waals surface area contributed by atoms with Crippen LogP contribution in [-0.4, -0.2) is 5.16 Å². The zero-order valence-electron chi connectivity index (χ0n) is 8.25. The lowest BCUT2D eigenvalue weighted by molar-refractivity contribution is -0.137. The molecule has 0 saturated heterocycles. The van der Waals surface area contributed by atoms with Gasteiger partial charge in [-0.3, -0.25) is 0 Å². The van der Waals surface area contributed by atoms with Crippen molar-refractivity contribution in [3.63, 3.8) is 0 Å². The summed E-state index contributed by atoms with van der Waals surface area (Å²) >= 11 is 5.75. The first-order valence-electron chi connectivity index (χ1n) is 4.47. The summed E-state index contributed by atoms with van der Waals surface area (Å²) in [6.45, 7) is 0. The molecule has 0 atom stereocenters. The van der Waals surface area contributed by atoms with E-state index in [0.29, 0.717) is 5.56 Å². The molecule has 2 aromatic rings. The second-order valence-electron chi connectivity index (χ2n) is 3.31. The Morgan fingerprint density at radius 3 is 2.41 bits per heavy atom. The van der Waals surface area contributed by atoms with Crippen LogP contribution in [0, 0.1) is 0 Å². The molecule has 7 heteroatoms. The van der Waals surface area contributed by atoms with Crippen molar-refractivity contribution >= 4 is 17.4 Å². The predicted molar refractivity (Wildman–Crippen MR) is 56.4 cm³/mol. The highest BCUT2D eigenvalue weighted by molar-refractivity contribution is 6.33. The molecule has 0 unspecified atom stereocenters. The number of nitrogens with zero attached hydrogens (tertiary/aromatic N) is 1. The van der Waals surface area contributed by atoms with Crippen molar-refractivity contribution in [3.8, 4) is 11.3 Å². The van der Waals surface area contributed by atoms with Gasteiger partial charge in [0.05, 0.1) is 10.6 Å². The number of nitrogens with two attached hydrogens (primary N) is 1. The third-order valence-electron chi connectivity index (χ3n) is 2.09. The average Bonchev–Trinajstić information content (AvgIpc) is 2.63. The lowest BCUT2D eigenvalue weighted by Gasteiger charge is -2.08. The SMILES string of the molecule is Nc1cc(-c2ccc(C(F)(F)F)cc2Cl)on1. The number of aromatic nitrogens is 1. The van der Waals surface area contributed by atoms with E-state index < -0.39 is 11.7 Å². The Balaban J connectivity index is 2.45. The smallest absolute Gasteiger partial charge is 0.381 e. The molecule has 0 spiro atoms. The first kappa shape index (κ1) is 11.8. The molecule has 0 radical (unpaired) electrons. The molecule has 0 bridgehead atoms. The quantitative estimate of drug-likeness (QED) is 0.854. The summed E-state index contributed by atoms with van der Waals surface area (Å²) in [5, 5.41) is 3.35. The lowest BCUT2D eigenvalue weighted by Crippen LogP contribution is -2.04. The third-order valence-corrected chi connectivity index (χ3v) is 2.40. The molecule has 0 aliphatic carbocycles. The van der Waals surface area contributed by atoms with Gasteiger partial charge in [-0.25, -0.2) is 0 Å². The number of anilines is 1. The minimum atomic E-state index is -4.43. The highest BCUT2D eigenvalue weighted by Gasteiger charge is 2.31. The summed E-state index contributed by atoms with van der Waals surface area (Å²) in [6, 6.07) is 4.34. The van der Waals surface area contributed by atoms with E-state index in [9.17, 15) is 13.2 Å². The van der Waals surface area contributed by atoms with Gasteiger partial charge in [0.15, 0.2) is 11.6 Å². The highest BCUT2D eigenvalue weighted by Crippen LogP contribution is 2.35. The second kappa shape index (κ2) is 3.96. The van der Waals surface area contributed by atoms with Crippen LogP contribution in [0.25, 0.3) is 11.3 Å². The van der Waals surface area contributed by atoms with E-state index in [1.165, 1.54) is 12.1 Å². The maximum atomic E-state index is 12.4. The molecule has 17 heavy (non-hydrogen) atoms. The maximum absolute atomic E-state index is 12.4. The van der Waals surface area contributed by atoms with Crippen LogP contribution in [0.4, 0.5) is 19.0 Å². The van der Waals surface area contributed by atoms with Crippen LogP contribution in [0.2, 0.25) is 5.02 Å². The molecule has 3 nitrogen and oxygen atoms in total. The molecule has 0 fully saturated rings. The molecule has 90 valence electrons. The van der Waals surface area contributed by atoms with E-state index in [-0.39, 0.29) is 16.6 Å².